The van der Waals surface area contributed by atoms with E-state index in [4.69, 9.17) is 15.2 Å². The van der Waals surface area contributed by atoms with Gasteiger partial charge in [-0.15, -0.1) is 13.2 Å². The highest BCUT2D eigenvalue weighted by molar-refractivity contribution is 5.78. The molecular formula is C23H17F3N2O3. The molecule has 5 rings (SSSR count). The molecule has 2 aliphatic rings. The number of nitrogens with zero attached hydrogens (tertiary/aromatic N) is 1. The lowest BCUT2D eigenvalue weighted by molar-refractivity contribution is -0.274. The lowest BCUT2D eigenvalue weighted by atomic mass is 9.80. The normalized spacial score (nSPS) is 19.2. The van der Waals surface area contributed by atoms with Crippen LogP contribution in [0.4, 0.5) is 13.2 Å². The standard InChI is InChI=1S/C23H17F3N2O3/c1-13-2-8-17-20(10-13)30-19-9-5-15(11-18(19)22(17)12-29-21(27)28-22)14-3-6-16(7-4-14)31-23(24,25)26/h2-11H,12H2,1H3,(H2,27,28). The van der Waals surface area contributed by atoms with E-state index in [1.165, 1.54) is 12.1 Å². The third kappa shape index (κ3) is 3.34. The highest BCUT2D eigenvalue weighted by Gasteiger charge is 2.47. The number of alkyl halides is 3. The zero-order chi connectivity index (χ0) is 21.8. The summed E-state index contributed by atoms with van der Waals surface area (Å²) in [6, 6.07) is 17.2. The first-order chi connectivity index (χ1) is 14.7. The molecule has 3 aromatic carbocycles. The van der Waals surface area contributed by atoms with Gasteiger partial charge in [-0.3, -0.25) is 0 Å². The molecule has 1 atom stereocenters. The lowest BCUT2D eigenvalue weighted by Gasteiger charge is -2.34. The highest BCUT2D eigenvalue weighted by atomic mass is 19.4. The average molecular weight is 426 g/mol. The molecule has 158 valence electrons. The average Bonchev–Trinajstić information content (AvgIpc) is 3.09. The van der Waals surface area contributed by atoms with Gasteiger partial charge in [-0.25, -0.2) is 4.99 Å². The smallest absolute Gasteiger partial charge is 0.462 e. The molecule has 8 heteroatoms. The number of aliphatic imine (C=N–C) groups is 1. The number of ether oxygens (including phenoxy) is 3. The number of rotatable bonds is 2. The number of nitrogens with two attached hydrogens (primary N) is 1. The van der Waals surface area contributed by atoms with Crippen molar-refractivity contribution in [1.29, 1.82) is 0 Å². The Hall–Kier alpha value is -3.68. The zero-order valence-electron chi connectivity index (χ0n) is 16.4. The topological polar surface area (TPSA) is 66.1 Å². The second kappa shape index (κ2) is 6.66. The summed E-state index contributed by atoms with van der Waals surface area (Å²) in [6.07, 6.45) is -4.73. The van der Waals surface area contributed by atoms with Crippen LogP contribution in [0.2, 0.25) is 0 Å². The molecule has 31 heavy (non-hydrogen) atoms. The second-order valence-electron chi connectivity index (χ2n) is 7.48. The van der Waals surface area contributed by atoms with Crippen molar-refractivity contribution in [3.8, 4) is 28.4 Å². The molecule has 0 bridgehead atoms. The Morgan fingerprint density at radius 1 is 0.935 bits per heavy atom. The summed E-state index contributed by atoms with van der Waals surface area (Å²) in [6.45, 7) is 2.21. The predicted octanol–water partition coefficient (Wildman–Crippen LogP) is 5.25. The Kier molecular flexibility index (Phi) is 4.15. The van der Waals surface area contributed by atoms with Crippen LogP contribution in [0.25, 0.3) is 11.1 Å². The number of aryl methyl sites for hydroxylation is 1. The molecule has 1 spiro atoms. The van der Waals surface area contributed by atoms with Crippen LogP contribution in [0.3, 0.4) is 0 Å². The van der Waals surface area contributed by atoms with Crippen molar-refractivity contribution in [2.45, 2.75) is 18.8 Å². The molecule has 0 radical (unpaired) electrons. The summed E-state index contributed by atoms with van der Waals surface area (Å²) in [5.74, 6) is 1.04. The monoisotopic (exact) mass is 426 g/mol. The van der Waals surface area contributed by atoms with Gasteiger partial charge in [0.15, 0.2) is 5.54 Å². The first-order valence-corrected chi connectivity index (χ1v) is 9.51. The van der Waals surface area contributed by atoms with Crippen LogP contribution >= 0.6 is 0 Å². The number of fused-ring (bicyclic) bond motifs is 4. The maximum absolute atomic E-state index is 12.4. The maximum atomic E-state index is 12.4. The van der Waals surface area contributed by atoms with Crippen LogP contribution in [0.15, 0.2) is 65.7 Å². The van der Waals surface area contributed by atoms with Gasteiger partial charge in [0.25, 0.3) is 6.02 Å². The van der Waals surface area contributed by atoms with E-state index in [0.29, 0.717) is 11.5 Å². The largest absolute Gasteiger partial charge is 0.573 e. The van der Waals surface area contributed by atoms with Crippen molar-refractivity contribution >= 4 is 6.02 Å². The van der Waals surface area contributed by atoms with Gasteiger partial charge in [0.05, 0.1) is 0 Å². The van der Waals surface area contributed by atoms with Gasteiger partial charge in [0, 0.05) is 11.1 Å². The summed E-state index contributed by atoms with van der Waals surface area (Å²) >= 11 is 0. The SMILES string of the molecule is Cc1ccc2c(c1)Oc1ccc(-c3ccc(OC(F)(F)F)cc3)cc1C21COC(N)=N1. The number of benzene rings is 3. The molecule has 0 saturated heterocycles. The van der Waals surface area contributed by atoms with E-state index in [0.717, 1.165) is 27.8 Å². The molecule has 0 fully saturated rings. The minimum atomic E-state index is -4.73. The van der Waals surface area contributed by atoms with Crippen molar-refractivity contribution in [2.24, 2.45) is 10.7 Å². The fourth-order valence-corrected chi connectivity index (χ4v) is 4.00. The maximum Gasteiger partial charge on any atom is 0.573 e. The minimum absolute atomic E-state index is 0.0958. The first-order valence-electron chi connectivity index (χ1n) is 9.51. The zero-order valence-corrected chi connectivity index (χ0v) is 16.4. The van der Waals surface area contributed by atoms with Crippen molar-refractivity contribution < 1.29 is 27.4 Å². The van der Waals surface area contributed by atoms with Crippen molar-refractivity contribution in [3.05, 3.63) is 77.4 Å². The Morgan fingerprint density at radius 2 is 1.68 bits per heavy atom. The molecule has 2 aliphatic heterocycles. The lowest BCUT2D eigenvalue weighted by Crippen LogP contribution is -2.31. The van der Waals surface area contributed by atoms with Crippen LogP contribution in [0, 0.1) is 6.92 Å². The van der Waals surface area contributed by atoms with Crippen LogP contribution in [-0.2, 0) is 10.3 Å². The Balaban J connectivity index is 1.59. The first kappa shape index (κ1) is 19.3. The molecule has 5 nitrogen and oxygen atoms in total. The van der Waals surface area contributed by atoms with Crippen molar-refractivity contribution in [2.75, 3.05) is 6.61 Å². The van der Waals surface area contributed by atoms with E-state index >= 15 is 0 Å². The predicted molar refractivity (Wildman–Crippen MR) is 108 cm³/mol. The summed E-state index contributed by atoms with van der Waals surface area (Å²) in [7, 11) is 0. The highest BCUT2D eigenvalue weighted by Crippen LogP contribution is 2.51. The van der Waals surface area contributed by atoms with Crippen molar-refractivity contribution in [1.82, 2.24) is 0 Å². The fourth-order valence-electron chi connectivity index (χ4n) is 4.00. The van der Waals surface area contributed by atoms with Gasteiger partial charge >= 0.3 is 6.36 Å². The van der Waals surface area contributed by atoms with E-state index in [9.17, 15) is 13.2 Å². The van der Waals surface area contributed by atoms with Crippen molar-refractivity contribution in [3.63, 3.8) is 0 Å². The number of halogens is 3. The summed E-state index contributed by atoms with van der Waals surface area (Å²) in [5, 5.41) is 0. The molecule has 0 amide bonds. The van der Waals surface area contributed by atoms with Crippen LogP contribution in [0.5, 0.6) is 17.2 Å². The Morgan fingerprint density at radius 3 is 2.35 bits per heavy atom. The van der Waals surface area contributed by atoms with Crippen LogP contribution < -0.4 is 15.2 Å². The molecular weight excluding hydrogens is 409 g/mol. The van der Waals surface area contributed by atoms with Gasteiger partial charge in [-0.1, -0.05) is 30.3 Å². The third-order valence-electron chi connectivity index (χ3n) is 5.38. The molecule has 2 heterocycles. The molecule has 0 aliphatic carbocycles. The van der Waals surface area contributed by atoms with Gasteiger partial charge in [0.1, 0.15) is 23.9 Å². The Bertz CT molecular complexity index is 1210. The van der Waals surface area contributed by atoms with E-state index in [2.05, 4.69) is 9.73 Å². The van der Waals surface area contributed by atoms with Crippen LogP contribution in [-0.4, -0.2) is 19.0 Å². The van der Waals surface area contributed by atoms with Crippen LogP contribution in [0.1, 0.15) is 16.7 Å². The molecule has 1 unspecified atom stereocenters. The summed E-state index contributed by atoms with van der Waals surface area (Å²) in [5.41, 5.74) is 9.21. The van der Waals surface area contributed by atoms with Gasteiger partial charge in [-0.05, 0) is 53.9 Å². The summed E-state index contributed by atoms with van der Waals surface area (Å²) < 4.78 is 52.9. The fraction of sp³-hybridized carbons (Fsp3) is 0.174. The minimum Gasteiger partial charge on any atom is -0.462 e. The molecule has 2 N–H and O–H groups in total. The third-order valence-corrected chi connectivity index (χ3v) is 5.38. The number of hydrogen-bond acceptors (Lipinski definition) is 5. The number of amidine groups is 1. The molecule has 0 aromatic heterocycles. The quantitative estimate of drug-likeness (QED) is 0.608. The molecule has 3 aromatic rings. The van der Waals surface area contributed by atoms with E-state index < -0.39 is 11.9 Å². The van der Waals surface area contributed by atoms with E-state index in [1.54, 1.807) is 12.1 Å². The Labute approximate surface area is 175 Å². The van der Waals surface area contributed by atoms with Gasteiger partial charge in [-0.2, -0.15) is 0 Å². The summed E-state index contributed by atoms with van der Waals surface area (Å²) in [4.78, 5) is 4.63. The number of hydrogen-bond donors (Lipinski definition) is 1. The van der Waals surface area contributed by atoms with E-state index in [1.807, 2.05) is 43.3 Å². The van der Waals surface area contributed by atoms with E-state index in [-0.39, 0.29) is 18.4 Å². The van der Waals surface area contributed by atoms with Gasteiger partial charge < -0.3 is 19.9 Å². The van der Waals surface area contributed by atoms with Gasteiger partial charge in [0.2, 0.25) is 0 Å². The second-order valence-corrected chi connectivity index (χ2v) is 7.48. The molecule has 0 saturated carbocycles.